The number of rotatable bonds is 6. The number of carbonyl (C=O) groups is 2. The lowest BCUT2D eigenvalue weighted by molar-refractivity contribution is -0.136. The molecular formula is C23H25N3O4S2. The van der Waals surface area contributed by atoms with E-state index in [2.05, 4.69) is 5.32 Å². The molecule has 0 aliphatic carbocycles. The molecule has 0 radical (unpaired) electrons. The van der Waals surface area contributed by atoms with E-state index in [9.17, 15) is 18.0 Å². The number of amides is 2. The average Bonchev–Trinajstić information content (AvgIpc) is 3.35. The van der Waals surface area contributed by atoms with Crippen LogP contribution in [0.25, 0.3) is 10.8 Å². The van der Waals surface area contributed by atoms with Crippen molar-refractivity contribution < 1.29 is 18.0 Å². The van der Waals surface area contributed by atoms with Crippen LogP contribution in [0.15, 0.2) is 64.2 Å². The highest BCUT2D eigenvalue weighted by Gasteiger charge is 2.32. The molecule has 1 fully saturated rings. The molecule has 32 heavy (non-hydrogen) atoms. The number of nitrogens with one attached hydrogen (secondary N) is 1. The zero-order chi connectivity index (χ0) is 22.7. The number of hydrogen-bond donors (Lipinski definition) is 1. The molecule has 2 heterocycles. The summed E-state index contributed by atoms with van der Waals surface area (Å²) in [5.74, 6) is -0.425. The molecule has 1 aromatic heterocycles. The number of sulfonamides is 1. The predicted molar refractivity (Wildman–Crippen MR) is 125 cm³/mol. The van der Waals surface area contributed by atoms with Gasteiger partial charge in [0.15, 0.2) is 0 Å². The van der Waals surface area contributed by atoms with Crippen molar-refractivity contribution in [2.75, 3.05) is 26.2 Å². The Morgan fingerprint density at radius 2 is 1.72 bits per heavy atom. The van der Waals surface area contributed by atoms with E-state index in [4.69, 9.17) is 0 Å². The van der Waals surface area contributed by atoms with Crippen molar-refractivity contribution >= 4 is 43.9 Å². The van der Waals surface area contributed by atoms with Crippen molar-refractivity contribution in [1.82, 2.24) is 14.5 Å². The summed E-state index contributed by atoms with van der Waals surface area (Å²) in [7, 11) is -3.52. The van der Waals surface area contributed by atoms with Gasteiger partial charge in [-0.1, -0.05) is 48.5 Å². The highest BCUT2D eigenvalue weighted by Crippen LogP contribution is 2.22. The Kier molecular flexibility index (Phi) is 6.59. The van der Waals surface area contributed by atoms with Crippen molar-refractivity contribution in [2.45, 2.75) is 23.6 Å². The van der Waals surface area contributed by atoms with E-state index in [1.165, 1.54) is 15.6 Å². The maximum absolute atomic E-state index is 12.8. The Morgan fingerprint density at radius 1 is 1.00 bits per heavy atom. The van der Waals surface area contributed by atoms with Crippen LogP contribution >= 0.6 is 11.3 Å². The molecule has 4 rings (SSSR count). The number of thiophene rings is 1. The number of fused-ring (bicyclic) bond motifs is 1. The molecule has 2 aromatic carbocycles. The first-order chi connectivity index (χ1) is 15.4. The summed E-state index contributed by atoms with van der Waals surface area (Å²) in [6, 6.07) is 16.3. The van der Waals surface area contributed by atoms with Crippen LogP contribution in [0, 0.1) is 0 Å². The molecule has 1 aliphatic rings. The minimum Gasteiger partial charge on any atom is -0.344 e. The third-order valence-corrected chi connectivity index (χ3v) is 8.89. The SMILES string of the molecule is C[C@@H](NC(=O)Cc1cccc2ccccc12)C(=O)N1CCN(S(=O)(=O)c2cccs2)CC1. The van der Waals surface area contributed by atoms with Gasteiger partial charge >= 0.3 is 0 Å². The number of hydrogen-bond acceptors (Lipinski definition) is 5. The first kappa shape index (κ1) is 22.4. The standard InChI is InChI=1S/C23H25N3O4S2/c1-17(24-21(27)16-19-8-4-7-18-6-2-3-9-20(18)19)23(28)25-11-13-26(14-12-25)32(29,30)22-10-5-15-31-22/h2-10,15,17H,11-14,16H2,1H3,(H,24,27)/t17-/m1/s1. The zero-order valence-electron chi connectivity index (χ0n) is 17.7. The summed E-state index contributed by atoms with van der Waals surface area (Å²) in [6.45, 7) is 2.74. The molecular weight excluding hydrogens is 446 g/mol. The van der Waals surface area contributed by atoms with E-state index in [0.717, 1.165) is 16.3 Å². The fourth-order valence-electron chi connectivity index (χ4n) is 3.93. The molecule has 3 aromatic rings. The van der Waals surface area contributed by atoms with Gasteiger partial charge in [0, 0.05) is 26.2 Å². The normalized spacial score (nSPS) is 16.1. The van der Waals surface area contributed by atoms with Gasteiger partial charge in [-0.3, -0.25) is 9.59 Å². The van der Waals surface area contributed by atoms with Crippen LogP contribution in [-0.2, 0) is 26.0 Å². The van der Waals surface area contributed by atoms with E-state index >= 15 is 0 Å². The van der Waals surface area contributed by atoms with E-state index in [1.807, 2.05) is 42.5 Å². The molecule has 0 unspecified atom stereocenters. The maximum atomic E-state index is 12.8. The molecule has 0 bridgehead atoms. The number of piperazine rings is 1. The fourth-order valence-corrected chi connectivity index (χ4v) is 6.50. The highest BCUT2D eigenvalue weighted by molar-refractivity contribution is 7.91. The Morgan fingerprint density at radius 3 is 2.44 bits per heavy atom. The lowest BCUT2D eigenvalue weighted by Gasteiger charge is -2.35. The van der Waals surface area contributed by atoms with Crippen LogP contribution in [-0.4, -0.2) is 61.7 Å². The third kappa shape index (κ3) is 4.69. The van der Waals surface area contributed by atoms with Gasteiger partial charge in [0.25, 0.3) is 10.0 Å². The van der Waals surface area contributed by atoms with Crippen LogP contribution in [0.3, 0.4) is 0 Å². The van der Waals surface area contributed by atoms with Gasteiger partial charge in [0.1, 0.15) is 10.3 Å². The van der Waals surface area contributed by atoms with Gasteiger partial charge in [0.2, 0.25) is 11.8 Å². The van der Waals surface area contributed by atoms with Gasteiger partial charge in [-0.05, 0) is 34.7 Å². The lowest BCUT2D eigenvalue weighted by Crippen LogP contribution is -2.55. The Hall–Kier alpha value is -2.75. The summed E-state index contributed by atoms with van der Waals surface area (Å²) >= 11 is 1.19. The molecule has 0 spiro atoms. The van der Waals surface area contributed by atoms with Gasteiger partial charge in [-0.2, -0.15) is 4.31 Å². The molecule has 9 heteroatoms. The number of nitrogens with zero attached hydrogens (tertiary/aromatic N) is 2. The van der Waals surface area contributed by atoms with Crippen molar-refractivity contribution in [1.29, 1.82) is 0 Å². The second-order valence-corrected chi connectivity index (χ2v) is 10.9. The van der Waals surface area contributed by atoms with E-state index in [-0.39, 0.29) is 31.3 Å². The molecule has 1 saturated heterocycles. The zero-order valence-corrected chi connectivity index (χ0v) is 19.4. The van der Waals surface area contributed by atoms with Crippen LogP contribution in [0.1, 0.15) is 12.5 Å². The molecule has 168 valence electrons. The van der Waals surface area contributed by atoms with E-state index in [1.54, 1.807) is 29.3 Å². The van der Waals surface area contributed by atoms with Gasteiger partial charge in [-0.15, -0.1) is 11.3 Å². The first-order valence-electron chi connectivity index (χ1n) is 10.4. The molecule has 2 amide bonds. The largest absolute Gasteiger partial charge is 0.344 e. The molecule has 7 nitrogen and oxygen atoms in total. The van der Waals surface area contributed by atoms with E-state index < -0.39 is 16.1 Å². The molecule has 0 saturated carbocycles. The third-order valence-electron chi connectivity index (χ3n) is 5.62. The summed E-state index contributed by atoms with van der Waals surface area (Å²) < 4.78 is 27.0. The summed E-state index contributed by atoms with van der Waals surface area (Å²) in [6.07, 6.45) is 0.186. The van der Waals surface area contributed by atoms with Crippen molar-refractivity contribution in [3.8, 4) is 0 Å². The fraction of sp³-hybridized carbons (Fsp3) is 0.304. The predicted octanol–water partition coefficient (Wildman–Crippen LogP) is 2.48. The summed E-state index contributed by atoms with van der Waals surface area (Å²) in [4.78, 5) is 27.0. The monoisotopic (exact) mass is 471 g/mol. The summed E-state index contributed by atoms with van der Waals surface area (Å²) in [5.41, 5.74) is 0.910. The minimum absolute atomic E-state index is 0.186. The van der Waals surface area contributed by atoms with Crippen molar-refractivity contribution in [3.63, 3.8) is 0 Å². The molecule has 1 N–H and O–H groups in total. The quantitative estimate of drug-likeness (QED) is 0.598. The highest BCUT2D eigenvalue weighted by atomic mass is 32.2. The lowest BCUT2D eigenvalue weighted by atomic mass is 10.0. The second kappa shape index (κ2) is 9.40. The van der Waals surface area contributed by atoms with Gasteiger partial charge in [0.05, 0.1) is 6.42 Å². The Balaban J connectivity index is 1.33. The van der Waals surface area contributed by atoms with E-state index in [0.29, 0.717) is 17.3 Å². The number of benzene rings is 2. The Labute approximate surface area is 191 Å². The smallest absolute Gasteiger partial charge is 0.252 e. The molecule has 1 aliphatic heterocycles. The Bertz CT molecular complexity index is 1210. The minimum atomic E-state index is -3.52. The van der Waals surface area contributed by atoms with Gasteiger partial charge < -0.3 is 10.2 Å². The maximum Gasteiger partial charge on any atom is 0.252 e. The second-order valence-electron chi connectivity index (χ2n) is 7.77. The van der Waals surface area contributed by atoms with Crippen molar-refractivity contribution in [2.24, 2.45) is 0 Å². The number of carbonyl (C=O) groups excluding carboxylic acids is 2. The van der Waals surface area contributed by atoms with Crippen LogP contribution < -0.4 is 5.32 Å². The van der Waals surface area contributed by atoms with Crippen LogP contribution in [0.5, 0.6) is 0 Å². The summed E-state index contributed by atoms with van der Waals surface area (Å²) in [5, 5.41) is 6.61. The van der Waals surface area contributed by atoms with Crippen molar-refractivity contribution in [3.05, 3.63) is 65.5 Å². The first-order valence-corrected chi connectivity index (χ1v) is 12.8. The average molecular weight is 472 g/mol. The van der Waals surface area contributed by atoms with Crippen LogP contribution in [0.4, 0.5) is 0 Å². The van der Waals surface area contributed by atoms with Gasteiger partial charge in [-0.25, -0.2) is 8.42 Å². The molecule has 1 atom stereocenters. The van der Waals surface area contributed by atoms with Crippen LogP contribution in [0.2, 0.25) is 0 Å². The topological polar surface area (TPSA) is 86.8 Å².